The van der Waals surface area contributed by atoms with Gasteiger partial charge in [-0.3, -0.25) is 0 Å². The molecule has 1 aromatic rings. The van der Waals surface area contributed by atoms with E-state index >= 15 is 0 Å². The van der Waals surface area contributed by atoms with Gasteiger partial charge in [0.1, 0.15) is 0 Å². The van der Waals surface area contributed by atoms with Gasteiger partial charge in [0.25, 0.3) is 0 Å². The van der Waals surface area contributed by atoms with Crippen LogP contribution < -0.4 is 11.1 Å². The number of nitrogens with two attached hydrogens (primary N) is 1. The highest BCUT2D eigenvalue weighted by Crippen LogP contribution is 2.32. The highest BCUT2D eigenvalue weighted by molar-refractivity contribution is 6.34. The van der Waals surface area contributed by atoms with Crippen LogP contribution in [0.3, 0.4) is 0 Å². The topological polar surface area (TPSA) is 61.8 Å². The molecule has 0 saturated carbocycles. The predicted molar refractivity (Wildman–Crippen MR) is 56.2 cm³/mol. The van der Waals surface area contributed by atoms with Crippen LogP contribution in [0.5, 0.6) is 0 Å². The summed E-state index contributed by atoms with van der Waals surface area (Å²) in [7, 11) is 0. The number of nitriles is 1. The summed E-state index contributed by atoms with van der Waals surface area (Å²) < 4.78 is 0. The maximum Gasteiger partial charge on any atom is 0.0992 e. The number of nitrogens with zero attached hydrogens (tertiary/aromatic N) is 1. The molecule has 1 heterocycles. The zero-order chi connectivity index (χ0) is 10.1. The Labute approximate surface area is 87.5 Å². The molecule has 72 valence electrons. The minimum atomic E-state index is 0.401. The molecule has 14 heavy (non-hydrogen) atoms. The average Bonchev–Trinajstić information content (AvgIpc) is 2.09. The van der Waals surface area contributed by atoms with Crippen molar-refractivity contribution in [3.8, 4) is 6.07 Å². The van der Waals surface area contributed by atoms with E-state index in [1.165, 1.54) is 0 Å². The van der Waals surface area contributed by atoms with Crippen LogP contribution in [0.15, 0.2) is 12.1 Å². The minimum absolute atomic E-state index is 0.401. The SMILES string of the molecule is N#Cc1cc(N)c(Cl)c(C2CNC2)c1. The lowest BCUT2D eigenvalue weighted by atomic mass is 9.92. The molecule has 3 N–H and O–H groups in total. The van der Waals surface area contributed by atoms with Gasteiger partial charge in [-0.15, -0.1) is 0 Å². The summed E-state index contributed by atoms with van der Waals surface area (Å²) in [6, 6.07) is 5.51. The maximum atomic E-state index is 8.79. The highest BCUT2D eigenvalue weighted by atomic mass is 35.5. The van der Waals surface area contributed by atoms with E-state index in [1.807, 2.05) is 6.07 Å². The van der Waals surface area contributed by atoms with Crippen LogP contribution in [0.4, 0.5) is 5.69 Å². The van der Waals surface area contributed by atoms with Crippen molar-refractivity contribution in [3.05, 3.63) is 28.3 Å². The number of hydrogen-bond acceptors (Lipinski definition) is 3. The third-order valence-corrected chi connectivity index (χ3v) is 2.92. The van der Waals surface area contributed by atoms with Crippen molar-refractivity contribution in [1.29, 1.82) is 5.26 Å². The van der Waals surface area contributed by atoms with Gasteiger partial charge in [0.2, 0.25) is 0 Å². The molecule has 1 aliphatic rings. The molecule has 1 fully saturated rings. The van der Waals surface area contributed by atoms with Crippen LogP contribution in [0, 0.1) is 11.3 Å². The first-order valence-electron chi connectivity index (χ1n) is 4.42. The molecular weight excluding hydrogens is 198 g/mol. The Hall–Kier alpha value is -1.24. The second-order valence-electron chi connectivity index (χ2n) is 3.44. The third-order valence-electron chi connectivity index (χ3n) is 2.48. The molecule has 0 aromatic heterocycles. The molecule has 0 aliphatic carbocycles. The quantitative estimate of drug-likeness (QED) is 0.686. The van der Waals surface area contributed by atoms with E-state index in [4.69, 9.17) is 22.6 Å². The first-order chi connectivity index (χ1) is 6.72. The molecule has 0 radical (unpaired) electrons. The number of benzene rings is 1. The van der Waals surface area contributed by atoms with E-state index in [-0.39, 0.29) is 0 Å². The number of anilines is 1. The van der Waals surface area contributed by atoms with E-state index in [9.17, 15) is 0 Å². The molecule has 1 saturated heterocycles. The highest BCUT2D eigenvalue weighted by Gasteiger charge is 2.22. The molecule has 4 heteroatoms. The van der Waals surface area contributed by atoms with E-state index in [2.05, 4.69) is 11.4 Å². The van der Waals surface area contributed by atoms with Gasteiger partial charge in [-0.2, -0.15) is 5.26 Å². The van der Waals surface area contributed by atoms with Crippen LogP contribution in [-0.2, 0) is 0 Å². The third kappa shape index (κ3) is 1.43. The van der Waals surface area contributed by atoms with E-state index < -0.39 is 0 Å². The summed E-state index contributed by atoms with van der Waals surface area (Å²) in [4.78, 5) is 0. The van der Waals surface area contributed by atoms with Gasteiger partial charge >= 0.3 is 0 Å². The van der Waals surface area contributed by atoms with Crippen molar-refractivity contribution in [2.24, 2.45) is 0 Å². The Morgan fingerprint density at radius 1 is 1.50 bits per heavy atom. The largest absolute Gasteiger partial charge is 0.397 e. The lowest BCUT2D eigenvalue weighted by Crippen LogP contribution is -2.40. The average molecular weight is 208 g/mol. The molecule has 0 amide bonds. The molecule has 0 spiro atoms. The molecule has 3 nitrogen and oxygen atoms in total. The first-order valence-corrected chi connectivity index (χ1v) is 4.80. The summed E-state index contributed by atoms with van der Waals surface area (Å²) >= 11 is 6.07. The Morgan fingerprint density at radius 2 is 2.21 bits per heavy atom. The number of halogens is 1. The van der Waals surface area contributed by atoms with Crippen LogP contribution in [0.1, 0.15) is 17.0 Å². The second-order valence-corrected chi connectivity index (χ2v) is 3.81. The van der Waals surface area contributed by atoms with Crippen molar-refractivity contribution < 1.29 is 0 Å². The van der Waals surface area contributed by atoms with Gasteiger partial charge in [-0.1, -0.05) is 11.6 Å². The maximum absolute atomic E-state index is 8.79. The standard InChI is InChI=1S/C10H10ClN3/c11-10-8(7-4-14-5-7)1-6(3-12)2-9(10)13/h1-2,7,14H,4-5,13H2. The summed E-state index contributed by atoms with van der Waals surface area (Å²) in [5.41, 5.74) is 7.77. The van der Waals surface area contributed by atoms with Gasteiger partial charge in [-0.05, 0) is 17.7 Å². The van der Waals surface area contributed by atoms with E-state index in [1.54, 1.807) is 6.07 Å². The molecule has 0 unspecified atom stereocenters. The van der Waals surface area contributed by atoms with Crippen LogP contribution in [-0.4, -0.2) is 13.1 Å². The lowest BCUT2D eigenvalue weighted by molar-refractivity contribution is 0.448. The summed E-state index contributed by atoms with van der Waals surface area (Å²) in [5.74, 6) is 0.401. The Bertz CT molecular complexity index is 405. The Morgan fingerprint density at radius 3 is 2.71 bits per heavy atom. The van der Waals surface area contributed by atoms with Gasteiger partial charge < -0.3 is 11.1 Å². The first kappa shape index (κ1) is 9.32. The zero-order valence-corrected chi connectivity index (χ0v) is 8.30. The zero-order valence-electron chi connectivity index (χ0n) is 7.55. The minimum Gasteiger partial charge on any atom is -0.397 e. The van der Waals surface area contributed by atoms with Gasteiger partial charge in [0, 0.05) is 19.0 Å². The van der Waals surface area contributed by atoms with Gasteiger partial charge in [0.15, 0.2) is 0 Å². The monoisotopic (exact) mass is 207 g/mol. The van der Waals surface area contributed by atoms with Crippen LogP contribution in [0.2, 0.25) is 5.02 Å². The number of nitrogen functional groups attached to an aromatic ring is 1. The molecule has 1 aliphatic heterocycles. The van der Waals surface area contributed by atoms with Crippen LogP contribution >= 0.6 is 11.6 Å². The van der Waals surface area contributed by atoms with E-state index in [0.29, 0.717) is 22.2 Å². The fraction of sp³-hybridized carbons (Fsp3) is 0.300. The van der Waals surface area contributed by atoms with Crippen molar-refractivity contribution >= 4 is 17.3 Å². The molecule has 1 aromatic carbocycles. The lowest BCUT2D eigenvalue weighted by Gasteiger charge is -2.28. The molecule has 2 rings (SSSR count). The van der Waals surface area contributed by atoms with Crippen LogP contribution in [0.25, 0.3) is 0 Å². The Kier molecular flexibility index (Phi) is 2.32. The summed E-state index contributed by atoms with van der Waals surface area (Å²) in [6.45, 7) is 1.82. The number of nitrogens with one attached hydrogen (secondary N) is 1. The van der Waals surface area contributed by atoms with E-state index in [0.717, 1.165) is 18.7 Å². The normalized spacial score (nSPS) is 16.0. The summed E-state index contributed by atoms with van der Waals surface area (Å²) in [6.07, 6.45) is 0. The van der Waals surface area contributed by atoms with Gasteiger partial charge in [-0.25, -0.2) is 0 Å². The predicted octanol–water partition coefficient (Wildman–Crippen LogP) is 1.48. The van der Waals surface area contributed by atoms with Crippen molar-refractivity contribution in [3.63, 3.8) is 0 Å². The fourth-order valence-electron chi connectivity index (χ4n) is 1.54. The molecule has 0 atom stereocenters. The molecule has 0 bridgehead atoms. The smallest absolute Gasteiger partial charge is 0.0992 e. The number of hydrogen-bond donors (Lipinski definition) is 2. The summed E-state index contributed by atoms with van der Waals surface area (Å²) in [5, 5.41) is 12.5. The van der Waals surface area contributed by atoms with Gasteiger partial charge in [0.05, 0.1) is 22.3 Å². The molecular formula is C10H10ClN3. The van der Waals surface area contributed by atoms with Crippen molar-refractivity contribution in [1.82, 2.24) is 5.32 Å². The van der Waals surface area contributed by atoms with Crippen molar-refractivity contribution in [2.75, 3.05) is 18.8 Å². The number of rotatable bonds is 1. The second kappa shape index (κ2) is 3.49. The van der Waals surface area contributed by atoms with Crippen molar-refractivity contribution in [2.45, 2.75) is 5.92 Å². The fourth-order valence-corrected chi connectivity index (χ4v) is 1.80. The Balaban J connectivity index is 2.47.